The summed E-state index contributed by atoms with van der Waals surface area (Å²) < 4.78 is 0. The average molecular weight is 170 g/mol. The summed E-state index contributed by atoms with van der Waals surface area (Å²) in [6.45, 7) is 2.17. The Kier molecular flexibility index (Phi) is 3.57. The van der Waals surface area contributed by atoms with Crippen LogP contribution in [0.3, 0.4) is 0 Å². The maximum atomic E-state index is 10.7. The molecule has 1 rings (SSSR count). The van der Waals surface area contributed by atoms with Gasteiger partial charge >= 0.3 is 5.97 Å². The lowest BCUT2D eigenvalue weighted by atomic mass is 9.79. The lowest BCUT2D eigenvalue weighted by Crippen LogP contribution is -2.22. The van der Waals surface area contributed by atoms with Crippen molar-refractivity contribution in [3.8, 4) is 0 Å². The highest BCUT2D eigenvalue weighted by molar-refractivity contribution is 5.70. The van der Waals surface area contributed by atoms with Crippen molar-refractivity contribution >= 4 is 5.97 Å². The second kappa shape index (κ2) is 4.48. The van der Waals surface area contributed by atoms with Crippen molar-refractivity contribution in [2.45, 2.75) is 45.4 Å². The smallest absolute Gasteiger partial charge is 0.306 e. The van der Waals surface area contributed by atoms with E-state index in [0.717, 1.165) is 19.3 Å². The van der Waals surface area contributed by atoms with Crippen molar-refractivity contribution in [1.82, 2.24) is 0 Å². The highest BCUT2D eigenvalue weighted by Gasteiger charge is 2.25. The van der Waals surface area contributed by atoms with Gasteiger partial charge in [0.25, 0.3) is 0 Å². The average Bonchev–Trinajstić information content (AvgIpc) is 2.05. The van der Waals surface area contributed by atoms with Gasteiger partial charge in [0.2, 0.25) is 0 Å². The van der Waals surface area contributed by atoms with Crippen LogP contribution in [0.2, 0.25) is 0 Å². The highest BCUT2D eigenvalue weighted by atomic mass is 16.4. The quantitative estimate of drug-likeness (QED) is 0.707. The Morgan fingerprint density at radius 2 is 2.25 bits per heavy atom. The van der Waals surface area contributed by atoms with Crippen molar-refractivity contribution in [3.05, 3.63) is 0 Å². The molecular weight excluding hydrogens is 152 g/mol. The molecule has 2 unspecified atom stereocenters. The van der Waals surface area contributed by atoms with Crippen LogP contribution in [0.4, 0.5) is 0 Å². The van der Waals surface area contributed by atoms with Crippen LogP contribution < -0.4 is 0 Å². The van der Waals surface area contributed by atoms with Crippen molar-refractivity contribution in [1.29, 1.82) is 0 Å². The molecule has 0 aromatic rings. The van der Waals surface area contributed by atoms with Crippen molar-refractivity contribution < 1.29 is 9.90 Å². The van der Waals surface area contributed by atoms with E-state index in [2.05, 4.69) is 6.92 Å². The Hall–Kier alpha value is -0.530. The van der Waals surface area contributed by atoms with E-state index in [1.54, 1.807) is 0 Å². The van der Waals surface area contributed by atoms with Gasteiger partial charge in [0.05, 0.1) is 5.92 Å². The fourth-order valence-electron chi connectivity index (χ4n) is 2.19. The van der Waals surface area contributed by atoms with Crippen LogP contribution in [0.25, 0.3) is 0 Å². The van der Waals surface area contributed by atoms with E-state index in [1.807, 2.05) is 0 Å². The summed E-state index contributed by atoms with van der Waals surface area (Å²) >= 11 is 0. The van der Waals surface area contributed by atoms with Gasteiger partial charge in [0.1, 0.15) is 0 Å². The normalized spacial score (nSPS) is 30.1. The summed E-state index contributed by atoms with van der Waals surface area (Å²) in [5, 5.41) is 8.82. The van der Waals surface area contributed by atoms with Gasteiger partial charge in [-0.05, 0) is 18.8 Å². The van der Waals surface area contributed by atoms with Gasteiger partial charge in [0, 0.05) is 0 Å². The zero-order valence-corrected chi connectivity index (χ0v) is 7.75. The molecule has 70 valence electrons. The molecule has 2 heteroatoms. The number of carboxylic acids is 1. The van der Waals surface area contributed by atoms with E-state index >= 15 is 0 Å². The largest absolute Gasteiger partial charge is 0.481 e. The first-order valence-corrected chi connectivity index (χ1v) is 4.96. The number of aliphatic carboxylic acids is 1. The van der Waals surface area contributed by atoms with Crippen LogP contribution in [0.1, 0.15) is 45.4 Å². The Labute approximate surface area is 74.0 Å². The summed E-state index contributed by atoms with van der Waals surface area (Å²) in [5.41, 5.74) is 0. The molecule has 0 heterocycles. The van der Waals surface area contributed by atoms with Gasteiger partial charge in [-0.2, -0.15) is 0 Å². The van der Waals surface area contributed by atoms with Crippen LogP contribution in [0.5, 0.6) is 0 Å². The maximum absolute atomic E-state index is 10.7. The topological polar surface area (TPSA) is 37.3 Å². The Morgan fingerprint density at radius 3 is 2.83 bits per heavy atom. The summed E-state index contributed by atoms with van der Waals surface area (Å²) in [6.07, 6.45) is 6.58. The van der Waals surface area contributed by atoms with Crippen LogP contribution in [-0.2, 0) is 4.79 Å². The Bertz CT molecular complexity index is 152. The molecule has 0 bridgehead atoms. The predicted octanol–water partition coefficient (Wildman–Crippen LogP) is 2.68. The number of carbonyl (C=O) groups is 1. The molecule has 0 aromatic heterocycles. The summed E-state index contributed by atoms with van der Waals surface area (Å²) in [5.74, 6) is 0.0518. The minimum absolute atomic E-state index is 0.0460. The van der Waals surface area contributed by atoms with Gasteiger partial charge in [-0.1, -0.05) is 32.6 Å². The SMILES string of the molecule is CCCC1CCCC(C(=O)O)C1. The molecular formula is C10H18O2. The fourth-order valence-corrected chi connectivity index (χ4v) is 2.19. The minimum atomic E-state index is -0.587. The summed E-state index contributed by atoms with van der Waals surface area (Å²) in [6, 6.07) is 0. The van der Waals surface area contributed by atoms with Gasteiger partial charge in [-0.15, -0.1) is 0 Å². The molecule has 0 amide bonds. The first kappa shape index (κ1) is 9.56. The molecule has 0 aromatic carbocycles. The second-order valence-corrected chi connectivity index (χ2v) is 3.86. The standard InChI is InChI=1S/C10H18O2/c1-2-4-8-5-3-6-9(7-8)10(11)12/h8-9H,2-7H2,1H3,(H,11,12). The molecule has 1 saturated carbocycles. The number of carboxylic acid groups (broad SMARTS) is 1. The second-order valence-electron chi connectivity index (χ2n) is 3.86. The lowest BCUT2D eigenvalue weighted by Gasteiger charge is -2.26. The Balaban J connectivity index is 2.35. The van der Waals surface area contributed by atoms with E-state index in [-0.39, 0.29) is 5.92 Å². The third-order valence-electron chi connectivity index (χ3n) is 2.83. The molecule has 2 nitrogen and oxygen atoms in total. The van der Waals surface area contributed by atoms with E-state index in [1.165, 1.54) is 19.3 Å². The van der Waals surface area contributed by atoms with Crippen LogP contribution in [-0.4, -0.2) is 11.1 Å². The molecule has 2 atom stereocenters. The van der Waals surface area contributed by atoms with Crippen LogP contribution >= 0.6 is 0 Å². The van der Waals surface area contributed by atoms with Gasteiger partial charge in [0.15, 0.2) is 0 Å². The monoisotopic (exact) mass is 170 g/mol. The number of rotatable bonds is 3. The lowest BCUT2D eigenvalue weighted by molar-refractivity contribution is -0.143. The zero-order valence-electron chi connectivity index (χ0n) is 7.75. The summed E-state index contributed by atoms with van der Waals surface area (Å²) in [7, 11) is 0. The fraction of sp³-hybridized carbons (Fsp3) is 0.900. The molecule has 1 aliphatic rings. The summed E-state index contributed by atoms with van der Waals surface area (Å²) in [4.78, 5) is 10.7. The molecule has 0 radical (unpaired) electrons. The van der Waals surface area contributed by atoms with Crippen LogP contribution in [0.15, 0.2) is 0 Å². The molecule has 0 spiro atoms. The molecule has 1 aliphatic carbocycles. The minimum Gasteiger partial charge on any atom is -0.481 e. The van der Waals surface area contributed by atoms with Gasteiger partial charge < -0.3 is 5.11 Å². The van der Waals surface area contributed by atoms with E-state index < -0.39 is 5.97 Å². The van der Waals surface area contributed by atoms with Gasteiger partial charge in [-0.25, -0.2) is 0 Å². The number of hydrogen-bond donors (Lipinski definition) is 1. The first-order chi connectivity index (χ1) is 5.74. The van der Waals surface area contributed by atoms with E-state index in [4.69, 9.17) is 5.11 Å². The number of hydrogen-bond acceptors (Lipinski definition) is 1. The molecule has 0 saturated heterocycles. The van der Waals surface area contributed by atoms with E-state index in [9.17, 15) is 4.79 Å². The van der Waals surface area contributed by atoms with E-state index in [0.29, 0.717) is 5.92 Å². The van der Waals surface area contributed by atoms with Crippen molar-refractivity contribution in [2.24, 2.45) is 11.8 Å². The van der Waals surface area contributed by atoms with Crippen LogP contribution in [0, 0.1) is 11.8 Å². The van der Waals surface area contributed by atoms with Crippen molar-refractivity contribution in [2.75, 3.05) is 0 Å². The third kappa shape index (κ3) is 2.50. The molecule has 1 fully saturated rings. The molecule has 12 heavy (non-hydrogen) atoms. The highest BCUT2D eigenvalue weighted by Crippen LogP contribution is 2.31. The van der Waals surface area contributed by atoms with Gasteiger partial charge in [-0.3, -0.25) is 4.79 Å². The predicted molar refractivity (Wildman–Crippen MR) is 48.0 cm³/mol. The molecule has 1 N–H and O–H groups in total. The first-order valence-electron chi connectivity index (χ1n) is 4.96. The maximum Gasteiger partial charge on any atom is 0.306 e. The van der Waals surface area contributed by atoms with Crippen molar-refractivity contribution in [3.63, 3.8) is 0 Å². The Morgan fingerprint density at radius 1 is 1.50 bits per heavy atom. The zero-order chi connectivity index (χ0) is 8.97. The third-order valence-corrected chi connectivity index (χ3v) is 2.83. The molecule has 0 aliphatic heterocycles.